The lowest BCUT2D eigenvalue weighted by molar-refractivity contribution is -0.143. The Labute approximate surface area is 431 Å². The number of unbranched alkanes of at least 4 members (excludes halogenated alkanes) is 45. The second-order valence-electron chi connectivity index (χ2n) is 21.4. The van der Waals surface area contributed by atoms with Gasteiger partial charge in [-0.25, -0.2) is 0 Å². The van der Waals surface area contributed by atoms with Crippen LogP contribution in [0, 0.1) is 0 Å². The maximum atomic E-state index is 12.5. The number of nitrogens with one attached hydrogen (secondary N) is 1. The Hall–Kier alpha value is -1.66. The molecule has 6 nitrogen and oxygen atoms in total. The third-order valence-corrected chi connectivity index (χ3v) is 14.5. The summed E-state index contributed by atoms with van der Waals surface area (Å²) in [4.78, 5) is 24.5. The molecule has 0 aromatic carbocycles. The zero-order valence-electron chi connectivity index (χ0n) is 46.6. The quantitative estimate of drug-likeness (QED) is 0.0321. The molecule has 2 unspecified atom stereocenters. The predicted octanol–water partition coefficient (Wildman–Crippen LogP) is 19.4. The van der Waals surface area contributed by atoms with Crippen molar-refractivity contribution < 1.29 is 24.5 Å². The number of hydrogen-bond donors (Lipinski definition) is 3. The topological polar surface area (TPSA) is 95.9 Å². The fraction of sp³-hybridized carbons (Fsp3) is 0.905. The van der Waals surface area contributed by atoms with E-state index in [0.717, 1.165) is 38.5 Å². The highest BCUT2D eigenvalue weighted by atomic mass is 16.5. The molecule has 3 N–H and O–H groups in total. The summed E-state index contributed by atoms with van der Waals surface area (Å²) in [5.41, 5.74) is 0. The van der Waals surface area contributed by atoms with E-state index in [1.165, 1.54) is 276 Å². The molecule has 0 aliphatic heterocycles. The number of esters is 1. The Kier molecular flexibility index (Phi) is 57.5. The minimum Gasteiger partial charge on any atom is -0.466 e. The van der Waals surface area contributed by atoms with Gasteiger partial charge in [0.2, 0.25) is 5.91 Å². The average Bonchev–Trinajstić information content (AvgIpc) is 3.35. The van der Waals surface area contributed by atoms with Crippen LogP contribution in [-0.4, -0.2) is 47.4 Å². The number of carbonyl (C=O) groups is 2. The van der Waals surface area contributed by atoms with E-state index in [4.69, 9.17) is 4.74 Å². The van der Waals surface area contributed by atoms with E-state index in [1.54, 1.807) is 6.08 Å². The normalized spacial score (nSPS) is 12.7. The van der Waals surface area contributed by atoms with Crippen LogP contribution in [0.2, 0.25) is 0 Å². The lowest BCUT2D eigenvalue weighted by Gasteiger charge is -2.20. The monoisotopic (exact) mass is 972 g/mol. The largest absolute Gasteiger partial charge is 0.466 e. The van der Waals surface area contributed by atoms with Crippen LogP contribution in [0.3, 0.4) is 0 Å². The number of aliphatic hydroxyl groups is 2. The summed E-state index contributed by atoms with van der Waals surface area (Å²) in [6.07, 6.45) is 72.2. The fourth-order valence-corrected chi connectivity index (χ4v) is 9.69. The molecule has 0 saturated heterocycles. The molecule has 69 heavy (non-hydrogen) atoms. The summed E-state index contributed by atoms with van der Waals surface area (Å²) >= 11 is 0. The van der Waals surface area contributed by atoms with Crippen molar-refractivity contribution in [3.63, 3.8) is 0 Å². The second kappa shape index (κ2) is 58.9. The van der Waals surface area contributed by atoms with Gasteiger partial charge < -0.3 is 20.3 Å². The van der Waals surface area contributed by atoms with Gasteiger partial charge in [-0.05, 0) is 57.8 Å². The summed E-state index contributed by atoms with van der Waals surface area (Å²) < 4.78 is 5.48. The van der Waals surface area contributed by atoms with Gasteiger partial charge in [0.1, 0.15) is 0 Å². The maximum absolute atomic E-state index is 12.5. The van der Waals surface area contributed by atoms with Crippen LogP contribution in [-0.2, 0) is 14.3 Å². The first-order chi connectivity index (χ1) is 34.0. The number of ether oxygens (including phenoxy) is 1. The van der Waals surface area contributed by atoms with E-state index in [1.807, 2.05) is 6.08 Å². The Morgan fingerprint density at radius 3 is 1.03 bits per heavy atom. The fourth-order valence-electron chi connectivity index (χ4n) is 9.69. The minimum absolute atomic E-state index is 0.0148. The molecule has 0 aliphatic rings. The van der Waals surface area contributed by atoms with E-state index in [-0.39, 0.29) is 18.5 Å². The number of carbonyl (C=O) groups excluding carboxylic acids is 2. The van der Waals surface area contributed by atoms with Crippen molar-refractivity contribution in [2.75, 3.05) is 13.2 Å². The van der Waals surface area contributed by atoms with Crippen LogP contribution in [0.1, 0.15) is 341 Å². The molecule has 0 saturated carbocycles. The van der Waals surface area contributed by atoms with Gasteiger partial charge in [0.25, 0.3) is 0 Å². The van der Waals surface area contributed by atoms with E-state index in [2.05, 4.69) is 31.3 Å². The lowest BCUT2D eigenvalue weighted by Crippen LogP contribution is -2.45. The van der Waals surface area contributed by atoms with Crippen molar-refractivity contribution in [3.05, 3.63) is 24.3 Å². The first kappa shape index (κ1) is 67.3. The molecular weight excluding hydrogens is 851 g/mol. The molecule has 0 heterocycles. The minimum atomic E-state index is -0.845. The summed E-state index contributed by atoms with van der Waals surface area (Å²) in [7, 11) is 0. The summed E-state index contributed by atoms with van der Waals surface area (Å²) in [6.45, 7) is 4.92. The van der Waals surface area contributed by atoms with Crippen LogP contribution < -0.4 is 5.32 Å². The molecular formula is C63H121NO5. The van der Waals surface area contributed by atoms with Crippen LogP contribution >= 0.6 is 0 Å². The van der Waals surface area contributed by atoms with Gasteiger partial charge in [0.05, 0.1) is 25.4 Å². The SMILES string of the molecule is CCCCCCCCCCCCCC/C=C/C(O)C(CO)NC(=O)CCCCCCCCCCC/C=C\CCCCCCCCCCCCCCOC(=O)CCCCCCCCCCCCCCC. The van der Waals surface area contributed by atoms with Crippen LogP contribution in [0.15, 0.2) is 24.3 Å². The number of rotatable bonds is 58. The molecule has 0 aliphatic carbocycles. The summed E-state index contributed by atoms with van der Waals surface area (Å²) in [5, 5.41) is 23.1. The Bertz CT molecular complexity index is 1080. The molecule has 0 aromatic heterocycles. The van der Waals surface area contributed by atoms with E-state index in [0.29, 0.717) is 19.4 Å². The standard InChI is InChI=1S/C63H121NO5/c1-3-5-7-9-11-13-15-17-32-35-39-43-47-51-55-61(66)60(59-65)64-62(67)56-52-48-44-40-36-33-29-27-25-23-21-19-18-20-22-24-26-28-30-34-38-42-46-50-54-58-69-63(68)57-53-49-45-41-37-31-16-14-12-10-8-6-4-2/h19,21,51,55,60-61,65-66H,3-18,20,22-50,52-54,56-59H2,1-2H3,(H,64,67)/b21-19-,55-51+. The number of amides is 1. The van der Waals surface area contributed by atoms with E-state index < -0.39 is 12.1 Å². The summed E-state index contributed by atoms with van der Waals surface area (Å²) in [5.74, 6) is -0.0550. The number of allylic oxidation sites excluding steroid dienone is 3. The molecule has 2 atom stereocenters. The third-order valence-electron chi connectivity index (χ3n) is 14.5. The van der Waals surface area contributed by atoms with Gasteiger partial charge in [0, 0.05) is 12.8 Å². The van der Waals surface area contributed by atoms with Gasteiger partial charge in [0.15, 0.2) is 0 Å². The molecule has 0 radical (unpaired) electrons. The highest BCUT2D eigenvalue weighted by Gasteiger charge is 2.18. The predicted molar refractivity (Wildman–Crippen MR) is 301 cm³/mol. The smallest absolute Gasteiger partial charge is 0.305 e. The summed E-state index contributed by atoms with van der Waals surface area (Å²) in [6, 6.07) is -0.629. The molecule has 0 spiro atoms. The zero-order valence-corrected chi connectivity index (χ0v) is 46.6. The van der Waals surface area contributed by atoms with Crippen LogP contribution in [0.5, 0.6) is 0 Å². The highest BCUT2D eigenvalue weighted by Crippen LogP contribution is 2.17. The van der Waals surface area contributed by atoms with Crippen LogP contribution in [0.25, 0.3) is 0 Å². The average molecular weight is 973 g/mol. The number of hydrogen-bond acceptors (Lipinski definition) is 5. The van der Waals surface area contributed by atoms with Gasteiger partial charge in [-0.3, -0.25) is 9.59 Å². The van der Waals surface area contributed by atoms with Gasteiger partial charge in [-0.15, -0.1) is 0 Å². The van der Waals surface area contributed by atoms with Crippen molar-refractivity contribution in [1.29, 1.82) is 0 Å². The van der Waals surface area contributed by atoms with Gasteiger partial charge >= 0.3 is 5.97 Å². The highest BCUT2D eigenvalue weighted by molar-refractivity contribution is 5.76. The molecule has 408 valence electrons. The maximum Gasteiger partial charge on any atom is 0.305 e. The molecule has 1 amide bonds. The zero-order chi connectivity index (χ0) is 50.0. The van der Waals surface area contributed by atoms with Gasteiger partial charge in [-0.2, -0.15) is 0 Å². The van der Waals surface area contributed by atoms with Crippen molar-refractivity contribution in [1.82, 2.24) is 5.32 Å². The molecule has 6 heteroatoms. The second-order valence-corrected chi connectivity index (χ2v) is 21.4. The first-order valence-electron chi connectivity index (χ1n) is 31.1. The first-order valence-corrected chi connectivity index (χ1v) is 31.1. The molecule has 0 aromatic rings. The Balaban J connectivity index is 3.40. The molecule has 0 bridgehead atoms. The molecule has 0 rings (SSSR count). The van der Waals surface area contributed by atoms with Gasteiger partial charge in [-0.1, -0.05) is 295 Å². The van der Waals surface area contributed by atoms with Crippen molar-refractivity contribution in [2.24, 2.45) is 0 Å². The Morgan fingerprint density at radius 1 is 0.391 bits per heavy atom. The van der Waals surface area contributed by atoms with Crippen molar-refractivity contribution in [2.45, 2.75) is 353 Å². The third kappa shape index (κ3) is 55.5. The Morgan fingerprint density at radius 2 is 0.681 bits per heavy atom. The van der Waals surface area contributed by atoms with E-state index in [9.17, 15) is 19.8 Å². The lowest BCUT2D eigenvalue weighted by atomic mass is 10.0. The van der Waals surface area contributed by atoms with Crippen LogP contribution in [0.4, 0.5) is 0 Å². The number of aliphatic hydroxyl groups excluding tert-OH is 2. The molecule has 0 fully saturated rings. The van der Waals surface area contributed by atoms with Crippen molar-refractivity contribution in [3.8, 4) is 0 Å². The van der Waals surface area contributed by atoms with E-state index >= 15 is 0 Å². The van der Waals surface area contributed by atoms with Crippen molar-refractivity contribution >= 4 is 11.9 Å².